The third-order valence-corrected chi connectivity index (χ3v) is 3.32. The topological polar surface area (TPSA) is 79.2 Å². The van der Waals surface area contributed by atoms with Crippen LogP contribution in [-0.4, -0.2) is 24.0 Å². The summed E-state index contributed by atoms with van der Waals surface area (Å²) in [4.78, 5) is 24.1. The second-order valence-electron chi connectivity index (χ2n) is 4.91. The van der Waals surface area contributed by atoms with E-state index < -0.39 is 18.1 Å². The lowest BCUT2D eigenvalue weighted by molar-refractivity contribution is -0.149. The second kappa shape index (κ2) is 7.79. The number of halogens is 1. The van der Waals surface area contributed by atoms with Gasteiger partial charge < -0.3 is 10.1 Å². The molecule has 2 atom stereocenters. The minimum Gasteiger partial charge on any atom is -0.446 e. The Kier molecular flexibility index (Phi) is 6.38. The lowest BCUT2D eigenvalue weighted by Crippen LogP contribution is -2.46. The minimum absolute atomic E-state index is 0.150. The van der Waals surface area contributed by atoms with Gasteiger partial charge in [-0.2, -0.15) is 5.26 Å². The lowest BCUT2D eigenvalue weighted by Gasteiger charge is -2.21. The van der Waals surface area contributed by atoms with Crippen molar-refractivity contribution >= 4 is 27.8 Å². The van der Waals surface area contributed by atoms with Crippen molar-refractivity contribution in [2.45, 2.75) is 32.9 Å². The number of nitrogens with zero attached hydrogens (tertiary/aromatic N) is 1. The smallest absolute Gasteiger partial charge is 0.330 e. The molecular formula is C15H17BrN2O3. The van der Waals surface area contributed by atoms with E-state index in [1.165, 1.54) is 6.92 Å². The van der Waals surface area contributed by atoms with Gasteiger partial charge in [-0.1, -0.05) is 29.8 Å². The Morgan fingerprint density at radius 3 is 2.29 bits per heavy atom. The molecule has 0 aliphatic carbocycles. The molecule has 21 heavy (non-hydrogen) atoms. The number of nitriles is 1. The predicted octanol–water partition coefficient (Wildman–Crippen LogP) is 2.66. The number of esters is 1. The molecule has 0 saturated carbocycles. The van der Waals surface area contributed by atoms with Crippen LogP contribution in [0.4, 0.5) is 0 Å². The maximum Gasteiger partial charge on any atom is 0.330 e. The normalized spacial score (nSPS) is 13.1. The van der Waals surface area contributed by atoms with E-state index in [1.807, 2.05) is 6.07 Å². The van der Waals surface area contributed by atoms with Crippen LogP contribution >= 0.6 is 15.9 Å². The fourth-order valence-electron chi connectivity index (χ4n) is 1.60. The summed E-state index contributed by atoms with van der Waals surface area (Å²) in [5.74, 6) is -1.12. The standard InChI is InChI=1S/C15H17BrN2O3/c1-9(2)13(15(20)21-10(3)8-17)18-14(19)11-4-6-12(16)7-5-11/h4-7,9-10,13H,1-3H3,(H,18,19)/t10-,13+/m1/s1. The van der Waals surface area contributed by atoms with Crippen LogP contribution in [0, 0.1) is 17.2 Å². The van der Waals surface area contributed by atoms with Crippen LogP contribution in [0.2, 0.25) is 0 Å². The van der Waals surface area contributed by atoms with Crippen molar-refractivity contribution in [2.75, 3.05) is 0 Å². The quantitative estimate of drug-likeness (QED) is 0.826. The van der Waals surface area contributed by atoms with Crippen LogP contribution in [-0.2, 0) is 9.53 Å². The zero-order valence-electron chi connectivity index (χ0n) is 12.1. The van der Waals surface area contributed by atoms with Gasteiger partial charge in [0.2, 0.25) is 0 Å². The van der Waals surface area contributed by atoms with Crippen molar-refractivity contribution in [1.29, 1.82) is 5.26 Å². The molecule has 112 valence electrons. The SMILES string of the molecule is CC(C)[C@H](NC(=O)c1ccc(Br)cc1)C(=O)O[C@H](C)C#N. The van der Waals surface area contributed by atoms with E-state index in [2.05, 4.69) is 21.2 Å². The van der Waals surface area contributed by atoms with Gasteiger partial charge in [0.15, 0.2) is 6.10 Å². The summed E-state index contributed by atoms with van der Waals surface area (Å²) in [6.07, 6.45) is -0.844. The fourth-order valence-corrected chi connectivity index (χ4v) is 1.86. The van der Waals surface area contributed by atoms with E-state index in [0.29, 0.717) is 5.56 Å². The van der Waals surface area contributed by atoms with Crippen LogP contribution in [0.25, 0.3) is 0 Å². The predicted molar refractivity (Wildman–Crippen MR) is 81.4 cm³/mol. The largest absolute Gasteiger partial charge is 0.446 e. The van der Waals surface area contributed by atoms with E-state index >= 15 is 0 Å². The first-order valence-corrected chi connectivity index (χ1v) is 7.31. The summed E-state index contributed by atoms with van der Waals surface area (Å²) in [5.41, 5.74) is 0.449. The Labute approximate surface area is 132 Å². The first-order chi connectivity index (χ1) is 9.85. The van der Waals surface area contributed by atoms with E-state index in [1.54, 1.807) is 38.1 Å². The molecule has 1 N–H and O–H groups in total. The number of hydrogen-bond donors (Lipinski definition) is 1. The number of benzene rings is 1. The molecule has 1 aromatic carbocycles. The molecule has 5 nitrogen and oxygen atoms in total. The van der Waals surface area contributed by atoms with Gasteiger partial charge in [0.05, 0.1) is 0 Å². The first kappa shape index (κ1) is 17.2. The molecule has 0 radical (unpaired) electrons. The minimum atomic E-state index is -0.844. The van der Waals surface area contributed by atoms with Crippen LogP contribution in [0.1, 0.15) is 31.1 Å². The van der Waals surface area contributed by atoms with Gasteiger partial charge in [0, 0.05) is 10.0 Å². The maximum absolute atomic E-state index is 12.1. The highest BCUT2D eigenvalue weighted by Crippen LogP contribution is 2.12. The molecule has 0 aliphatic rings. The summed E-state index contributed by atoms with van der Waals surface area (Å²) in [6.45, 7) is 5.07. The molecule has 6 heteroatoms. The summed E-state index contributed by atoms with van der Waals surface area (Å²) in [6, 6.07) is 7.82. The van der Waals surface area contributed by atoms with Crippen LogP contribution < -0.4 is 5.32 Å². The molecule has 1 aromatic rings. The summed E-state index contributed by atoms with van der Waals surface area (Å²) in [7, 11) is 0. The van der Waals surface area contributed by atoms with Gasteiger partial charge in [0.1, 0.15) is 12.1 Å². The molecule has 1 rings (SSSR count). The third kappa shape index (κ3) is 5.20. The average Bonchev–Trinajstić information content (AvgIpc) is 2.44. The van der Waals surface area contributed by atoms with Gasteiger partial charge in [-0.25, -0.2) is 4.79 Å². The van der Waals surface area contributed by atoms with Crippen LogP contribution in [0.15, 0.2) is 28.7 Å². The molecule has 0 aliphatic heterocycles. The van der Waals surface area contributed by atoms with Gasteiger partial charge in [-0.3, -0.25) is 4.79 Å². The fraction of sp³-hybridized carbons (Fsp3) is 0.400. The zero-order valence-corrected chi connectivity index (χ0v) is 13.7. The Morgan fingerprint density at radius 1 is 1.24 bits per heavy atom. The number of hydrogen-bond acceptors (Lipinski definition) is 4. The van der Waals surface area contributed by atoms with Gasteiger partial charge in [0.25, 0.3) is 5.91 Å². The van der Waals surface area contributed by atoms with Crippen molar-refractivity contribution in [1.82, 2.24) is 5.32 Å². The molecule has 0 heterocycles. The summed E-state index contributed by atoms with van der Waals surface area (Å²) >= 11 is 3.29. The summed E-state index contributed by atoms with van der Waals surface area (Å²) in [5, 5.41) is 11.3. The Bertz CT molecular complexity index is 549. The van der Waals surface area contributed by atoms with E-state index in [0.717, 1.165) is 4.47 Å². The van der Waals surface area contributed by atoms with Gasteiger partial charge >= 0.3 is 5.97 Å². The van der Waals surface area contributed by atoms with Crippen molar-refractivity contribution < 1.29 is 14.3 Å². The zero-order chi connectivity index (χ0) is 16.0. The lowest BCUT2D eigenvalue weighted by atomic mass is 10.0. The van der Waals surface area contributed by atoms with Crippen LogP contribution in [0.5, 0.6) is 0 Å². The molecule has 0 fully saturated rings. The van der Waals surface area contributed by atoms with Crippen LogP contribution in [0.3, 0.4) is 0 Å². The van der Waals surface area contributed by atoms with E-state index in [4.69, 9.17) is 10.00 Å². The third-order valence-electron chi connectivity index (χ3n) is 2.79. The molecule has 1 amide bonds. The van der Waals surface area contributed by atoms with Crippen molar-refractivity contribution in [3.63, 3.8) is 0 Å². The Morgan fingerprint density at radius 2 is 1.81 bits per heavy atom. The van der Waals surface area contributed by atoms with E-state index in [9.17, 15) is 9.59 Å². The molecule has 0 spiro atoms. The van der Waals surface area contributed by atoms with Crippen molar-refractivity contribution in [2.24, 2.45) is 5.92 Å². The summed E-state index contributed by atoms with van der Waals surface area (Å²) < 4.78 is 5.82. The van der Waals surface area contributed by atoms with Gasteiger partial charge in [-0.15, -0.1) is 0 Å². The highest BCUT2D eigenvalue weighted by Gasteiger charge is 2.27. The molecule has 0 unspecified atom stereocenters. The number of nitrogens with one attached hydrogen (secondary N) is 1. The number of rotatable bonds is 5. The first-order valence-electron chi connectivity index (χ1n) is 6.51. The number of ether oxygens (including phenoxy) is 1. The van der Waals surface area contributed by atoms with Crippen molar-refractivity contribution in [3.8, 4) is 6.07 Å². The molecular weight excluding hydrogens is 336 g/mol. The molecule has 0 saturated heterocycles. The molecule has 0 aromatic heterocycles. The van der Waals surface area contributed by atoms with Crippen molar-refractivity contribution in [3.05, 3.63) is 34.3 Å². The number of carbonyl (C=O) groups excluding carboxylic acids is 2. The Hall–Kier alpha value is -1.87. The average molecular weight is 353 g/mol. The van der Waals surface area contributed by atoms with Gasteiger partial charge in [-0.05, 0) is 37.1 Å². The second-order valence-corrected chi connectivity index (χ2v) is 5.83. The monoisotopic (exact) mass is 352 g/mol. The Balaban J connectivity index is 2.79. The molecule has 0 bridgehead atoms. The maximum atomic E-state index is 12.1. The highest BCUT2D eigenvalue weighted by molar-refractivity contribution is 9.10. The number of carbonyl (C=O) groups is 2. The number of amides is 1. The highest BCUT2D eigenvalue weighted by atomic mass is 79.9. The van der Waals surface area contributed by atoms with E-state index in [-0.39, 0.29) is 11.8 Å².